The molecule has 1 fully saturated rings. The second-order valence-corrected chi connectivity index (χ2v) is 9.08. The predicted octanol–water partition coefficient (Wildman–Crippen LogP) is 2.65. The van der Waals surface area contributed by atoms with Crippen LogP contribution in [-0.2, 0) is 10.0 Å². The van der Waals surface area contributed by atoms with E-state index in [1.807, 2.05) is 0 Å². The number of nitrogens with zero attached hydrogens (tertiary/aromatic N) is 2. The number of piperidine rings is 1. The second-order valence-electron chi connectivity index (χ2n) is 7.14. The molecule has 0 bridgehead atoms. The van der Waals surface area contributed by atoms with E-state index in [2.05, 4.69) is 10.5 Å². The van der Waals surface area contributed by atoms with Crippen molar-refractivity contribution in [1.29, 1.82) is 0 Å². The Balaban J connectivity index is 1.76. The molecule has 0 radical (unpaired) electrons. The number of hydrogen-bond acceptors (Lipinski definition) is 7. The lowest BCUT2D eigenvalue weighted by Crippen LogP contribution is -2.35. The van der Waals surface area contributed by atoms with Gasteiger partial charge in [-0.25, -0.2) is 13.8 Å². The normalized spacial score (nSPS) is 14.8. The van der Waals surface area contributed by atoms with Gasteiger partial charge in [-0.05, 0) is 37.1 Å². The van der Waals surface area contributed by atoms with Gasteiger partial charge in [0.2, 0.25) is 10.0 Å². The van der Waals surface area contributed by atoms with Crippen LogP contribution >= 0.6 is 0 Å². The van der Waals surface area contributed by atoms with E-state index in [0.29, 0.717) is 35.9 Å². The van der Waals surface area contributed by atoms with Gasteiger partial charge >= 0.3 is 0 Å². The lowest BCUT2D eigenvalue weighted by molar-refractivity contribution is 0.0955. The number of carbonyl (C=O) groups excluding carboxylic acids is 1. The maximum atomic E-state index is 12.9. The fourth-order valence-corrected chi connectivity index (χ4v) is 4.99. The number of sulfonamides is 1. The monoisotopic (exact) mass is 461 g/mol. The van der Waals surface area contributed by atoms with Crippen molar-refractivity contribution in [2.75, 3.05) is 34.4 Å². The van der Waals surface area contributed by atoms with Gasteiger partial charge in [0, 0.05) is 30.3 Å². The van der Waals surface area contributed by atoms with Crippen molar-refractivity contribution < 1.29 is 27.4 Å². The largest absolute Gasteiger partial charge is 0.496 e. The van der Waals surface area contributed by atoms with Gasteiger partial charge in [-0.2, -0.15) is 9.41 Å². The minimum absolute atomic E-state index is 0.0950. The van der Waals surface area contributed by atoms with Gasteiger partial charge in [0.25, 0.3) is 5.91 Å². The molecule has 3 rings (SSSR count). The van der Waals surface area contributed by atoms with Gasteiger partial charge < -0.3 is 14.2 Å². The number of rotatable bonds is 8. The van der Waals surface area contributed by atoms with Gasteiger partial charge in [-0.1, -0.05) is 12.5 Å². The summed E-state index contributed by atoms with van der Waals surface area (Å²) in [6, 6.07) is 9.27. The van der Waals surface area contributed by atoms with E-state index in [-0.39, 0.29) is 10.5 Å². The van der Waals surface area contributed by atoms with Crippen molar-refractivity contribution in [3.63, 3.8) is 0 Å². The second kappa shape index (κ2) is 10.5. The topological polar surface area (TPSA) is 107 Å². The van der Waals surface area contributed by atoms with Crippen molar-refractivity contribution in [2.24, 2.45) is 5.10 Å². The number of nitrogens with one attached hydrogen (secondary N) is 1. The molecule has 9 nitrogen and oxygen atoms in total. The molecular weight excluding hydrogens is 434 g/mol. The first kappa shape index (κ1) is 23.6. The molecule has 0 aliphatic carbocycles. The Bertz CT molecular complexity index is 1090. The summed E-state index contributed by atoms with van der Waals surface area (Å²) in [5.41, 5.74) is 3.17. The molecule has 10 heteroatoms. The van der Waals surface area contributed by atoms with Crippen LogP contribution in [0.15, 0.2) is 46.4 Å². The van der Waals surface area contributed by atoms with E-state index in [1.54, 1.807) is 18.2 Å². The Kier molecular flexibility index (Phi) is 7.70. The Morgan fingerprint density at radius 2 is 1.62 bits per heavy atom. The molecule has 2 aromatic carbocycles. The first-order chi connectivity index (χ1) is 15.4. The van der Waals surface area contributed by atoms with Crippen LogP contribution in [0.3, 0.4) is 0 Å². The van der Waals surface area contributed by atoms with Crippen LogP contribution < -0.4 is 19.6 Å². The van der Waals surface area contributed by atoms with Crippen molar-refractivity contribution in [3.05, 3.63) is 47.5 Å². The molecule has 1 saturated heterocycles. The molecule has 1 amide bonds. The molecule has 1 aliphatic heterocycles. The van der Waals surface area contributed by atoms with Gasteiger partial charge in [-0.3, -0.25) is 4.79 Å². The zero-order chi connectivity index (χ0) is 23.1. The Labute approximate surface area is 188 Å². The van der Waals surface area contributed by atoms with Crippen LogP contribution in [0.2, 0.25) is 0 Å². The Morgan fingerprint density at radius 1 is 0.969 bits per heavy atom. The standard InChI is InChI=1S/C22H27N3O6S/c1-29-19-14-21(31-3)20(30-2)13-17(19)15-23-24-22(26)16-8-7-9-18(12-16)32(27,28)25-10-5-4-6-11-25/h7-9,12-15H,4-6,10-11H2,1-3H3,(H,24,26). The Morgan fingerprint density at radius 3 is 2.28 bits per heavy atom. The number of hydrogen-bond donors (Lipinski definition) is 1. The molecule has 0 unspecified atom stereocenters. The van der Waals surface area contributed by atoms with Crippen molar-refractivity contribution in [3.8, 4) is 17.2 Å². The first-order valence-electron chi connectivity index (χ1n) is 10.1. The summed E-state index contributed by atoms with van der Waals surface area (Å²) in [5, 5.41) is 3.98. The van der Waals surface area contributed by atoms with Gasteiger partial charge in [0.1, 0.15) is 5.75 Å². The van der Waals surface area contributed by atoms with E-state index in [0.717, 1.165) is 19.3 Å². The molecule has 0 saturated carbocycles. The lowest BCUT2D eigenvalue weighted by Gasteiger charge is -2.25. The summed E-state index contributed by atoms with van der Waals surface area (Å²) >= 11 is 0. The molecule has 0 aromatic heterocycles. The van der Waals surface area contributed by atoms with E-state index in [9.17, 15) is 13.2 Å². The van der Waals surface area contributed by atoms with Crippen LogP contribution in [0.1, 0.15) is 35.2 Å². The number of methoxy groups -OCH3 is 3. The quantitative estimate of drug-likeness (QED) is 0.479. The zero-order valence-corrected chi connectivity index (χ0v) is 19.1. The van der Waals surface area contributed by atoms with E-state index < -0.39 is 15.9 Å². The highest BCUT2D eigenvalue weighted by Gasteiger charge is 2.26. The maximum Gasteiger partial charge on any atom is 0.271 e. The van der Waals surface area contributed by atoms with Gasteiger partial charge in [-0.15, -0.1) is 0 Å². The molecule has 1 aliphatic rings. The molecule has 172 valence electrons. The summed E-state index contributed by atoms with van der Waals surface area (Å²) in [6.45, 7) is 0.992. The highest BCUT2D eigenvalue weighted by molar-refractivity contribution is 7.89. The van der Waals surface area contributed by atoms with Crippen LogP contribution in [0.4, 0.5) is 0 Å². The van der Waals surface area contributed by atoms with Crippen molar-refractivity contribution >= 4 is 22.1 Å². The molecule has 1 N–H and O–H groups in total. The van der Waals surface area contributed by atoms with Gasteiger partial charge in [0.15, 0.2) is 11.5 Å². The molecule has 1 heterocycles. The van der Waals surface area contributed by atoms with Crippen LogP contribution in [0, 0.1) is 0 Å². The fraction of sp³-hybridized carbons (Fsp3) is 0.364. The summed E-state index contributed by atoms with van der Waals surface area (Å²) in [5.74, 6) is 0.931. The zero-order valence-electron chi connectivity index (χ0n) is 18.3. The van der Waals surface area contributed by atoms with Crippen LogP contribution in [-0.4, -0.2) is 59.3 Å². The average Bonchev–Trinajstić information content (AvgIpc) is 2.84. The minimum Gasteiger partial charge on any atom is -0.496 e. The number of benzene rings is 2. The predicted molar refractivity (Wildman–Crippen MR) is 120 cm³/mol. The summed E-state index contributed by atoms with van der Waals surface area (Å²) in [7, 11) is 0.904. The third kappa shape index (κ3) is 5.20. The number of carbonyl (C=O) groups is 1. The third-order valence-corrected chi connectivity index (χ3v) is 7.05. The minimum atomic E-state index is -3.63. The average molecular weight is 462 g/mol. The maximum absolute atomic E-state index is 12.9. The number of hydrazone groups is 1. The van der Waals surface area contributed by atoms with E-state index in [1.165, 1.54) is 50.0 Å². The van der Waals surface area contributed by atoms with E-state index in [4.69, 9.17) is 14.2 Å². The van der Waals surface area contributed by atoms with Gasteiger partial charge in [0.05, 0.1) is 32.4 Å². The summed E-state index contributed by atoms with van der Waals surface area (Å²) in [4.78, 5) is 12.7. The van der Waals surface area contributed by atoms with Crippen LogP contribution in [0.5, 0.6) is 17.2 Å². The van der Waals surface area contributed by atoms with Crippen molar-refractivity contribution in [2.45, 2.75) is 24.2 Å². The van der Waals surface area contributed by atoms with Crippen LogP contribution in [0.25, 0.3) is 0 Å². The highest BCUT2D eigenvalue weighted by atomic mass is 32.2. The Hall–Kier alpha value is -3.11. The number of amides is 1. The summed E-state index contributed by atoms with van der Waals surface area (Å²) < 4.78 is 43.1. The molecule has 0 spiro atoms. The summed E-state index contributed by atoms with van der Waals surface area (Å²) in [6.07, 6.45) is 4.12. The fourth-order valence-electron chi connectivity index (χ4n) is 3.43. The highest BCUT2D eigenvalue weighted by Crippen LogP contribution is 2.33. The molecule has 32 heavy (non-hydrogen) atoms. The first-order valence-corrected chi connectivity index (χ1v) is 11.6. The van der Waals surface area contributed by atoms with Crippen molar-refractivity contribution in [1.82, 2.24) is 9.73 Å². The molecule has 0 atom stereocenters. The molecular formula is C22H27N3O6S. The smallest absolute Gasteiger partial charge is 0.271 e. The number of ether oxygens (including phenoxy) is 3. The molecule has 2 aromatic rings. The lowest BCUT2D eigenvalue weighted by atomic mass is 10.2. The SMILES string of the molecule is COc1cc(OC)c(OC)cc1C=NNC(=O)c1cccc(S(=O)(=O)N2CCCCC2)c1. The van der Waals surface area contributed by atoms with E-state index >= 15 is 0 Å². The third-order valence-electron chi connectivity index (χ3n) is 5.15.